The van der Waals surface area contributed by atoms with Crippen LogP contribution >= 0.6 is 0 Å². The first-order valence-corrected chi connectivity index (χ1v) is 17.7. The number of rotatable bonds is 9. The van der Waals surface area contributed by atoms with Gasteiger partial charge in [0.05, 0.1) is 30.5 Å². The summed E-state index contributed by atoms with van der Waals surface area (Å²) in [5, 5.41) is 8.77. The number of amides is 2. The summed E-state index contributed by atoms with van der Waals surface area (Å²) < 4.78 is 8.70. The number of carbonyl (C=O) groups excluding carboxylic acids is 2. The second kappa shape index (κ2) is 16.2. The molecular weight excluding hydrogens is 606 g/mol. The number of ether oxygens (including phenoxy) is 1. The number of aromatic nitrogens is 2. The molecule has 2 fully saturated rings. The normalized spacial score (nSPS) is 19.7. The lowest BCUT2D eigenvalue weighted by atomic mass is 9.87. The van der Waals surface area contributed by atoms with Crippen LogP contribution < -0.4 is 16.0 Å². The Morgan fingerprint density at radius 2 is 1.48 bits per heavy atom. The predicted molar refractivity (Wildman–Crippen MR) is 187 cm³/mol. The van der Waals surface area contributed by atoms with Crippen LogP contribution in [0.5, 0.6) is 5.88 Å². The average Bonchev–Trinajstić information content (AvgIpc) is 3.34. The van der Waals surface area contributed by atoms with Crippen molar-refractivity contribution in [3.63, 3.8) is 0 Å². The standard InChI is InChI=1S/C33H37N5O5.C5H12/c1-21-11-9-16-24(19-21)37-31(41)28(32(43-2)38(33(37)42)23-14-7-4-8-15-23)35-34-26-18-10-17-25-27(26)30(40)36(29(25)39)20-22-12-5-3-6-13-22;1-3-5-4-2/h3,5-6,10,12-13,17-18,21,23-24H,4,7-9,11,14-16,19-20H2,1-2H3;3-5H2,1-2H3. The van der Waals surface area contributed by atoms with Crippen molar-refractivity contribution in [2.45, 2.75) is 116 Å². The number of methoxy groups -OCH3 is 1. The van der Waals surface area contributed by atoms with Gasteiger partial charge in [0.1, 0.15) is 0 Å². The molecule has 0 N–H and O–H groups in total. The van der Waals surface area contributed by atoms with Gasteiger partial charge in [0.2, 0.25) is 11.6 Å². The predicted octanol–water partition coefficient (Wildman–Crippen LogP) is 8.68. The second-order valence-electron chi connectivity index (χ2n) is 13.3. The quantitative estimate of drug-likeness (QED) is 0.169. The van der Waals surface area contributed by atoms with E-state index in [-0.39, 0.29) is 52.7 Å². The Labute approximate surface area is 282 Å². The third-order valence-corrected chi connectivity index (χ3v) is 9.79. The number of imide groups is 1. The number of hydrogen-bond donors (Lipinski definition) is 0. The summed E-state index contributed by atoms with van der Waals surface area (Å²) in [6.45, 7) is 6.71. The van der Waals surface area contributed by atoms with E-state index < -0.39 is 17.4 Å². The lowest BCUT2D eigenvalue weighted by Gasteiger charge is -2.31. The maximum absolute atomic E-state index is 14.0. The van der Waals surface area contributed by atoms with Crippen molar-refractivity contribution in [3.05, 3.63) is 86.1 Å². The second-order valence-corrected chi connectivity index (χ2v) is 13.3. The Hall–Kier alpha value is -4.34. The van der Waals surface area contributed by atoms with Gasteiger partial charge in [-0.25, -0.2) is 4.79 Å². The molecule has 2 aromatic carbocycles. The molecular formula is C38H49N5O5. The molecule has 2 amide bonds. The minimum atomic E-state index is -0.544. The fourth-order valence-corrected chi connectivity index (χ4v) is 7.28. The summed E-state index contributed by atoms with van der Waals surface area (Å²) in [5.41, 5.74) is 0.426. The molecule has 2 aliphatic carbocycles. The number of carbonyl (C=O) groups is 2. The molecule has 0 spiro atoms. The molecule has 2 unspecified atom stereocenters. The van der Waals surface area contributed by atoms with Crippen LogP contribution in [0, 0.1) is 5.92 Å². The Morgan fingerprint density at radius 1 is 0.771 bits per heavy atom. The molecule has 48 heavy (non-hydrogen) atoms. The molecule has 0 bridgehead atoms. The van der Waals surface area contributed by atoms with Gasteiger partial charge in [-0.15, -0.1) is 10.2 Å². The Bertz CT molecular complexity index is 1740. The van der Waals surface area contributed by atoms with Gasteiger partial charge in [-0.05, 0) is 49.3 Å². The van der Waals surface area contributed by atoms with E-state index >= 15 is 0 Å². The van der Waals surface area contributed by atoms with Crippen molar-refractivity contribution in [2.75, 3.05) is 7.11 Å². The van der Waals surface area contributed by atoms with E-state index in [1.54, 1.807) is 22.8 Å². The molecule has 10 heteroatoms. The van der Waals surface area contributed by atoms with Crippen molar-refractivity contribution < 1.29 is 14.3 Å². The van der Waals surface area contributed by atoms with E-state index in [2.05, 4.69) is 31.0 Å². The highest BCUT2D eigenvalue weighted by Gasteiger charge is 2.38. The van der Waals surface area contributed by atoms with Crippen LogP contribution in [-0.2, 0) is 6.54 Å². The van der Waals surface area contributed by atoms with Crippen molar-refractivity contribution in [1.82, 2.24) is 14.0 Å². The van der Waals surface area contributed by atoms with Crippen molar-refractivity contribution in [2.24, 2.45) is 16.1 Å². The van der Waals surface area contributed by atoms with E-state index in [9.17, 15) is 19.2 Å². The fourth-order valence-electron chi connectivity index (χ4n) is 7.28. The molecule has 6 rings (SSSR count). The molecule has 1 aromatic heterocycles. The van der Waals surface area contributed by atoms with Gasteiger partial charge in [-0.3, -0.25) is 28.4 Å². The molecule has 3 aromatic rings. The molecule has 0 radical (unpaired) electrons. The summed E-state index contributed by atoms with van der Waals surface area (Å²) in [4.78, 5) is 55.9. The number of azo groups is 1. The van der Waals surface area contributed by atoms with Crippen LogP contribution in [0.3, 0.4) is 0 Å². The van der Waals surface area contributed by atoms with Crippen molar-refractivity contribution in [3.8, 4) is 5.88 Å². The molecule has 2 saturated carbocycles. The zero-order valence-electron chi connectivity index (χ0n) is 28.8. The number of hydrogen-bond acceptors (Lipinski definition) is 7. The van der Waals surface area contributed by atoms with Crippen LogP contribution in [0.1, 0.15) is 136 Å². The van der Waals surface area contributed by atoms with E-state index in [4.69, 9.17) is 4.74 Å². The maximum Gasteiger partial charge on any atom is 0.334 e. The average molecular weight is 656 g/mol. The van der Waals surface area contributed by atoms with Crippen LogP contribution in [0.15, 0.2) is 68.3 Å². The van der Waals surface area contributed by atoms with Gasteiger partial charge in [0, 0.05) is 12.1 Å². The molecule has 256 valence electrons. The van der Waals surface area contributed by atoms with Gasteiger partial charge in [-0.2, -0.15) is 0 Å². The lowest BCUT2D eigenvalue weighted by Crippen LogP contribution is -2.44. The lowest BCUT2D eigenvalue weighted by molar-refractivity contribution is 0.0642. The topological polar surface area (TPSA) is 115 Å². The summed E-state index contributed by atoms with van der Waals surface area (Å²) in [6.07, 6.45) is 12.3. The van der Waals surface area contributed by atoms with Gasteiger partial charge >= 0.3 is 5.69 Å². The minimum absolute atomic E-state index is 0.0681. The van der Waals surface area contributed by atoms with E-state index in [1.807, 2.05) is 30.3 Å². The zero-order chi connectivity index (χ0) is 34.2. The third kappa shape index (κ3) is 7.37. The highest BCUT2D eigenvalue weighted by atomic mass is 16.5. The SMILES string of the molecule is CCCCC.COc1c(N=Nc2cccc3c2C(=O)N(Cc2ccccc2)C3=O)c(=O)n(C2CCCC(C)C2)c(=O)n1C1CCCCC1. The zero-order valence-corrected chi connectivity index (χ0v) is 28.8. The Morgan fingerprint density at radius 3 is 2.12 bits per heavy atom. The Kier molecular flexibility index (Phi) is 11.8. The minimum Gasteiger partial charge on any atom is -0.480 e. The van der Waals surface area contributed by atoms with Crippen LogP contribution in [0.4, 0.5) is 11.4 Å². The Balaban J connectivity index is 0.000000840. The van der Waals surface area contributed by atoms with E-state index in [1.165, 1.54) is 35.8 Å². The first-order valence-electron chi connectivity index (χ1n) is 17.7. The van der Waals surface area contributed by atoms with E-state index in [0.29, 0.717) is 5.92 Å². The molecule has 0 saturated heterocycles. The number of benzene rings is 2. The summed E-state index contributed by atoms with van der Waals surface area (Å²) in [7, 11) is 1.43. The maximum atomic E-state index is 14.0. The van der Waals surface area contributed by atoms with Crippen LogP contribution in [-0.4, -0.2) is 33.0 Å². The molecule has 10 nitrogen and oxygen atoms in total. The number of unbranched alkanes of at least 4 members (excludes halogenated alkanes) is 2. The highest BCUT2D eigenvalue weighted by molar-refractivity contribution is 6.23. The number of nitrogens with zero attached hydrogens (tertiary/aromatic N) is 5. The monoisotopic (exact) mass is 655 g/mol. The first kappa shape index (κ1) is 35.0. The summed E-state index contributed by atoms with van der Waals surface area (Å²) in [5.74, 6) is -0.384. The van der Waals surface area contributed by atoms with Crippen molar-refractivity contribution >= 4 is 23.2 Å². The van der Waals surface area contributed by atoms with Gasteiger partial charge in [0.25, 0.3) is 17.4 Å². The van der Waals surface area contributed by atoms with Gasteiger partial charge < -0.3 is 4.74 Å². The summed E-state index contributed by atoms with van der Waals surface area (Å²) in [6, 6.07) is 13.8. The highest BCUT2D eigenvalue weighted by Crippen LogP contribution is 2.37. The number of fused-ring (bicyclic) bond motifs is 1. The molecule has 3 aliphatic rings. The van der Waals surface area contributed by atoms with E-state index in [0.717, 1.165) is 63.4 Å². The van der Waals surface area contributed by atoms with Crippen LogP contribution in [0.2, 0.25) is 0 Å². The summed E-state index contributed by atoms with van der Waals surface area (Å²) >= 11 is 0. The molecule has 2 heterocycles. The third-order valence-electron chi connectivity index (χ3n) is 9.79. The largest absolute Gasteiger partial charge is 0.480 e. The molecule has 1 aliphatic heterocycles. The smallest absolute Gasteiger partial charge is 0.334 e. The first-order chi connectivity index (χ1) is 23.3. The van der Waals surface area contributed by atoms with Crippen LogP contribution in [0.25, 0.3) is 0 Å². The fraction of sp³-hybridized carbons (Fsp3) is 0.526. The van der Waals surface area contributed by atoms with Crippen molar-refractivity contribution in [1.29, 1.82) is 0 Å². The van der Waals surface area contributed by atoms with Gasteiger partial charge in [-0.1, -0.05) is 109 Å². The van der Waals surface area contributed by atoms with Gasteiger partial charge in [0.15, 0.2) is 0 Å². The molecule has 2 atom stereocenters.